The Morgan fingerprint density at radius 3 is 2.43 bits per heavy atom. The Balaban J connectivity index is 0.664. The maximum absolute atomic E-state index is 15.3. The van der Waals surface area contributed by atoms with Crippen molar-refractivity contribution in [2.24, 2.45) is 17.8 Å². The molecule has 15 heteroatoms. The number of benzene rings is 2. The molecule has 2 aromatic carbocycles. The molecular formula is C46H59F2N9O4. The molecule has 3 amide bonds. The van der Waals surface area contributed by atoms with Crippen LogP contribution in [-0.2, 0) is 19.1 Å². The van der Waals surface area contributed by atoms with Crippen LogP contribution in [0.5, 0.6) is 0 Å². The lowest BCUT2D eigenvalue weighted by molar-refractivity contribution is -0.126. The van der Waals surface area contributed by atoms with Crippen LogP contribution in [0.25, 0.3) is 11.3 Å². The van der Waals surface area contributed by atoms with E-state index in [9.17, 15) is 18.8 Å². The largest absolute Gasteiger partial charge is 0.379 e. The van der Waals surface area contributed by atoms with Gasteiger partial charge < -0.3 is 35.8 Å². The molecule has 0 spiro atoms. The standard InChI is InChI=1S/C46H59F2N9O4/c47-36-25-34(51-38-16-18-40(58)53-45-43(38)61-45)15-17-39(36)56-22-20-55(21-23-56)28-30-9-7-29(8-10-30)26-49-44(60)31-11-13-33(14-12-31)52-46-50-27-37(48)42(54-46)32-4-3-5-35(24-32)57-19-2-1-6-41(57)59/h3-5,15,17,24-25,27,29-31,33,38,43,45,51H,1-2,6-14,16,18-23,26,28H2,(H,49,60)(H,53,58)(H,50,52,54). The zero-order chi connectivity index (χ0) is 41.9. The van der Waals surface area contributed by atoms with Gasteiger partial charge in [0.1, 0.15) is 17.6 Å². The van der Waals surface area contributed by atoms with E-state index in [1.165, 1.54) is 6.20 Å². The number of aromatic nitrogens is 2. The molecule has 4 aliphatic heterocycles. The number of nitrogens with zero attached hydrogens (tertiary/aromatic N) is 5. The predicted octanol–water partition coefficient (Wildman–Crippen LogP) is 6.07. The molecule has 61 heavy (non-hydrogen) atoms. The van der Waals surface area contributed by atoms with E-state index in [1.807, 2.05) is 30.3 Å². The number of amides is 3. The molecule has 4 N–H and O–H groups in total. The summed E-state index contributed by atoms with van der Waals surface area (Å²) in [5, 5.41) is 12.9. The topological polar surface area (TPSA) is 147 Å². The smallest absolute Gasteiger partial charge is 0.226 e. The number of ether oxygens (including phenoxy) is 1. The van der Waals surface area contributed by atoms with Gasteiger partial charge in [-0.25, -0.2) is 18.7 Å². The summed E-state index contributed by atoms with van der Waals surface area (Å²) in [6.07, 6.45) is 12.1. The molecule has 4 saturated heterocycles. The van der Waals surface area contributed by atoms with Gasteiger partial charge in [-0.15, -0.1) is 0 Å². The first-order chi connectivity index (χ1) is 29.7. The number of rotatable bonds is 12. The van der Waals surface area contributed by atoms with E-state index >= 15 is 4.39 Å². The Hall–Kier alpha value is -4.89. The van der Waals surface area contributed by atoms with Gasteiger partial charge in [0.2, 0.25) is 23.7 Å². The minimum Gasteiger partial charge on any atom is -0.379 e. The second-order valence-corrected chi connectivity index (χ2v) is 18.1. The number of hydrogen-bond donors (Lipinski definition) is 4. The summed E-state index contributed by atoms with van der Waals surface area (Å²) in [6.45, 7) is 5.85. The summed E-state index contributed by atoms with van der Waals surface area (Å²) < 4.78 is 35.9. The van der Waals surface area contributed by atoms with Crippen molar-refractivity contribution in [2.75, 3.05) is 66.2 Å². The van der Waals surface area contributed by atoms with Crippen LogP contribution in [0, 0.1) is 29.4 Å². The maximum atomic E-state index is 15.3. The van der Waals surface area contributed by atoms with Gasteiger partial charge in [0.05, 0.1) is 17.9 Å². The van der Waals surface area contributed by atoms with Crippen LogP contribution in [0.2, 0.25) is 0 Å². The second kappa shape index (κ2) is 18.6. The summed E-state index contributed by atoms with van der Waals surface area (Å²) in [5.74, 6) is 0.980. The normalized spacial score (nSPS) is 28.3. The number of piperazine rings is 1. The Kier molecular flexibility index (Phi) is 12.7. The molecule has 6 aliphatic rings. The number of halogens is 2. The Morgan fingerprint density at radius 1 is 0.836 bits per heavy atom. The van der Waals surface area contributed by atoms with Crippen molar-refractivity contribution >= 4 is 40.7 Å². The molecular weight excluding hydrogens is 781 g/mol. The monoisotopic (exact) mass is 839 g/mol. The highest BCUT2D eigenvalue weighted by atomic mass is 19.1. The minimum absolute atomic E-state index is 0.00272. The first kappa shape index (κ1) is 41.5. The average molecular weight is 840 g/mol. The number of carbonyl (C=O) groups excluding carboxylic acids is 3. The lowest BCUT2D eigenvalue weighted by Gasteiger charge is -2.39. The number of carbonyl (C=O) groups is 3. The van der Waals surface area contributed by atoms with Crippen molar-refractivity contribution in [1.29, 1.82) is 0 Å². The van der Waals surface area contributed by atoms with Crippen LogP contribution in [0.15, 0.2) is 48.7 Å². The summed E-state index contributed by atoms with van der Waals surface area (Å²) in [4.78, 5) is 52.8. The summed E-state index contributed by atoms with van der Waals surface area (Å²) in [6, 6.07) is 12.8. The van der Waals surface area contributed by atoms with E-state index < -0.39 is 5.82 Å². The number of hydrogen-bond acceptors (Lipinski definition) is 10. The van der Waals surface area contributed by atoms with Gasteiger partial charge in [-0.2, -0.15) is 0 Å². The average Bonchev–Trinajstić information content (AvgIpc) is 4.06. The molecule has 5 heterocycles. The third kappa shape index (κ3) is 10.1. The van der Waals surface area contributed by atoms with Crippen molar-refractivity contribution in [3.05, 3.63) is 60.3 Å². The molecule has 0 radical (unpaired) electrons. The summed E-state index contributed by atoms with van der Waals surface area (Å²) >= 11 is 0. The first-order valence-electron chi connectivity index (χ1n) is 22.7. The lowest BCUT2D eigenvalue weighted by Crippen LogP contribution is -2.48. The highest BCUT2D eigenvalue weighted by Gasteiger charge is 2.48. The van der Waals surface area contributed by atoms with Crippen molar-refractivity contribution in [3.8, 4) is 11.3 Å². The van der Waals surface area contributed by atoms with Crippen LogP contribution in [-0.4, -0.2) is 103 Å². The summed E-state index contributed by atoms with van der Waals surface area (Å²) in [7, 11) is 0. The molecule has 0 bridgehead atoms. The number of piperidine rings is 1. The van der Waals surface area contributed by atoms with Gasteiger partial charge in [0, 0.05) is 87.6 Å². The van der Waals surface area contributed by atoms with Gasteiger partial charge in [0.25, 0.3) is 0 Å². The predicted molar refractivity (Wildman–Crippen MR) is 230 cm³/mol. The molecule has 2 saturated carbocycles. The van der Waals surface area contributed by atoms with Crippen molar-refractivity contribution < 1.29 is 27.9 Å². The number of epoxide rings is 1. The fourth-order valence-electron chi connectivity index (χ4n) is 10.2. The quantitative estimate of drug-likeness (QED) is 0.159. The highest BCUT2D eigenvalue weighted by Crippen LogP contribution is 2.34. The third-order valence-corrected chi connectivity index (χ3v) is 13.9. The van der Waals surface area contributed by atoms with Crippen LogP contribution in [0.3, 0.4) is 0 Å². The first-order valence-corrected chi connectivity index (χ1v) is 22.7. The van der Waals surface area contributed by atoms with E-state index in [0.29, 0.717) is 60.5 Å². The van der Waals surface area contributed by atoms with E-state index in [0.717, 1.165) is 109 Å². The molecule has 1 aromatic heterocycles. The van der Waals surface area contributed by atoms with E-state index in [4.69, 9.17) is 4.74 Å². The Labute approximate surface area is 356 Å². The zero-order valence-corrected chi connectivity index (χ0v) is 34.9. The van der Waals surface area contributed by atoms with Crippen molar-refractivity contribution in [3.63, 3.8) is 0 Å². The molecule has 6 fully saturated rings. The molecule has 3 aromatic rings. The Morgan fingerprint density at radius 2 is 1.64 bits per heavy atom. The number of anilines is 4. The fourth-order valence-corrected chi connectivity index (χ4v) is 10.2. The lowest BCUT2D eigenvalue weighted by atomic mass is 9.81. The van der Waals surface area contributed by atoms with Gasteiger partial charge in [-0.1, -0.05) is 12.1 Å². The molecule has 13 nitrogen and oxygen atoms in total. The van der Waals surface area contributed by atoms with Crippen LogP contribution in [0.4, 0.5) is 31.8 Å². The van der Waals surface area contributed by atoms with Crippen molar-refractivity contribution in [1.82, 2.24) is 25.5 Å². The molecule has 3 atom stereocenters. The number of fused-ring (bicyclic) bond motifs is 1. The van der Waals surface area contributed by atoms with Gasteiger partial charge in [-0.05, 0) is 113 Å². The second-order valence-electron chi connectivity index (χ2n) is 18.1. The number of nitrogens with one attached hydrogen (secondary N) is 4. The fraction of sp³-hybridized carbons (Fsp3) is 0.587. The van der Waals surface area contributed by atoms with Crippen LogP contribution in [0.1, 0.15) is 83.5 Å². The third-order valence-electron chi connectivity index (χ3n) is 13.9. The van der Waals surface area contributed by atoms with E-state index in [2.05, 4.69) is 41.0 Å². The molecule has 326 valence electrons. The van der Waals surface area contributed by atoms with E-state index in [-0.39, 0.29) is 59.6 Å². The van der Waals surface area contributed by atoms with Gasteiger partial charge in [-0.3, -0.25) is 19.3 Å². The SMILES string of the molecule is O=C1CCC(Nc2ccc(N3CCN(CC4CCC(CNC(=O)C5CCC(Nc6ncc(F)c(-c7cccc(N8CCCCC8=O)c7)n6)CC5)CC4)CC3)c(F)c2)C2OC2N1. The maximum Gasteiger partial charge on any atom is 0.226 e. The highest BCUT2D eigenvalue weighted by molar-refractivity contribution is 5.94. The molecule has 3 unspecified atom stereocenters. The van der Waals surface area contributed by atoms with E-state index in [1.54, 1.807) is 17.0 Å². The van der Waals surface area contributed by atoms with Crippen LogP contribution < -0.4 is 31.1 Å². The molecule has 2 aliphatic carbocycles. The summed E-state index contributed by atoms with van der Waals surface area (Å²) in [5.41, 5.74) is 2.90. The van der Waals surface area contributed by atoms with Crippen LogP contribution >= 0.6 is 0 Å². The zero-order valence-electron chi connectivity index (χ0n) is 34.9. The Bertz CT molecular complexity index is 2050. The van der Waals surface area contributed by atoms with Gasteiger partial charge >= 0.3 is 0 Å². The molecule has 9 rings (SSSR count). The van der Waals surface area contributed by atoms with Crippen molar-refractivity contribution in [2.45, 2.75) is 108 Å². The van der Waals surface area contributed by atoms with Gasteiger partial charge in [0.15, 0.2) is 12.0 Å². The minimum atomic E-state index is -0.514.